The van der Waals surface area contributed by atoms with Gasteiger partial charge in [-0.2, -0.15) is 5.10 Å². The van der Waals surface area contributed by atoms with Crippen LogP contribution in [0.25, 0.3) is 0 Å². The zero-order valence-corrected chi connectivity index (χ0v) is 16.4. The van der Waals surface area contributed by atoms with Crippen LogP contribution in [0.2, 0.25) is 0 Å². The topological polar surface area (TPSA) is 83.5 Å². The molecule has 0 aromatic carbocycles. The Morgan fingerprint density at radius 2 is 2.15 bits per heavy atom. The number of nitrogens with one attached hydrogen (secondary N) is 1. The Balaban J connectivity index is 1.85. The van der Waals surface area contributed by atoms with Crippen molar-refractivity contribution in [1.82, 2.24) is 24.6 Å². The van der Waals surface area contributed by atoms with Crippen molar-refractivity contribution in [3.05, 3.63) is 51.2 Å². The first-order valence-corrected chi connectivity index (χ1v) is 9.12. The molecule has 3 rings (SSSR count). The number of ether oxygens (including phenoxy) is 1. The summed E-state index contributed by atoms with van der Waals surface area (Å²) in [4.78, 5) is 32.0. The summed E-state index contributed by atoms with van der Waals surface area (Å²) in [5.41, 5.74) is 3.18. The molecule has 27 heavy (non-hydrogen) atoms. The summed E-state index contributed by atoms with van der Waals surface area (Å²) >= 11 is 0. The van der Waals surface area contributed by atoms with Crippen molar-refractivity contribution in [1.29, 1.82) is 0 Å². The number of aromatic amines is 1. The van der Waals surface area contributed by atoms with E-state index < -0.39 is 0 Å². The van der Waals surface area contributed by atoms with Gasteiger partial charge in [-0.05, 0) is 38.6 Å². The van der Waals surface area contributed by atoms with Gasteiger partial charge in [-0.3, -0.25) is 9.59 Å². The molecule has 1 saturated heterocycles. The monoisotopic (exact) mass is 373 g/mol. The lowest BCUT2D eigenvalue weighted by atomic mass is 10.2. The fourth-order valence-corrected chi connectivity index (χ4v) is 3.37. The van der Waals surface area contributed by atoms with Crippen LogP contribution in [-0.4, -0.2) is 69.9 Å². The summed E-state index contributed by atoms with van der Waals surface area (Å²) in [6.07, 6.45) is -0.0550. The Labute approximate surface area is 158 Å². The van der Waals surface area contributed by atoms with E-state index in [0.29, 0.717) is 19.7 Å². The van der Waals surface area contributed by atoms with Crippen molar-refractivity contribution in [2.45, 2.75) is 26.5 Å². The summed E-state index contributed by atoms with van der Waals surface area (Å²) < 4.78 is 7.04. The second-order valence-electron chi connectivity index (χ2n) is 7.22. The Kier molecular flexibility index (Phi) is 5.76. The third kappa shape index (κ3) is 4.64. The van der Waals surface area contributed by atoms with Gasteiger partial charge in [0.15, 0.2) is 0 Å². The lowest BCUT2D eigenvalue weighted by molar-refractivity contribution is -0.0337. The molecule has 2 aromatic heterocycles. The summed E-state index contributed by atoms with van der Waals surface area (Å²) in [6, 6.07) is 4.91. The number of likely N-dealkylation sites (N-methyl/N-ethyl adjacent to an activating group) is 1. The molecule has 1 fully saturated rings. The van der Waals surface area contributed by atoms with Gasteiger partial charge >= 0.3 is 0 Å². The number of aryl methyl sites for hydroxylation is 3. The molecule has 1 atom stereocenters. The van der Waals surface area contributed by atoms with E-state index in [1.165, 1.54) is 16.8 Å². The summed E-state index contributed by atoms with van der Waals surface area (Å²) in [7, 11) is 3.60. The van der Waals surface area contributed by atoms with Crippen molar-refractivity contribution in [2.75, 3.05) is 33.3 Å². The third-order valence-corrected chi connectivity index (χ3v) is 4.85. The molecule has 0 spiro atoms. The summed E-state index contributed by atoms with van der Waals surface area (Å²) in [6.45, 7) is 7.25. The number of carbonyl (C=O) groups excluding carboxylic acids is 1. The van der Waals surface area contributed by atoms with Gasteiger partial charge in [-0.15, -0.1) is 0 Å². The third-order valence-electron chi connectivity index (χ3n) is 4.85. The molecule has 1 aliphatic rings. The number of rotatable bonds is 5. The van der Waals surface area contributed by atoms with Gasteiger partial charge in [0.05, 0.1) is 12.7 Å². The minimum absolute atomic E-state index is 0.0550. The molecular formula is C19H27N5O3. The van der Waals surface area contributed by atoms with E-state index in [1.54, 1.807) is 11.9 Å². The lowest BCUT2D eigenvalue weighted by Crippen LogP contribution is -2.47. The number of hydrogen-bond donors (Lipinski definition) is 1. The van der Waals surface area contributed by atoms with E-state index in [4.69, 9.17) is 4.74 Å². The highest BCUT2D eigenvalue weighted by Crippen LogP contribution is 2.16. The van der Waals surface area contributed by atoms with Crippen LogP contribution >= 0.6 is 0 Å². The lowest BCUT2D eigenvalue weighted by Gasteiger charge is -2.34. The number of morpholine rings is 1. The molecule has 0 saturated carbocycles. The standard InChI is InChI=1S/C19H27N5O3/c1-13-9-15(14(2)20-13)10-24(12-16-11-22(3)7-8-27-16)19(26)17-5-6-18(25)23(4)21-17/h5-6,9,16,20H,7-8,10-12H2,1-4H3. The van der Waals surface area contributed by atoms with Crippen LogP contribution in [0.5, 0.6) is 0 Å². The van der Waals surface area contributed by atoms with Crippen molar-refractivity contribution >= 4 is 5.91 Å². The van der Waals surface area contributed by atoms with E-state index in [9.17, 15) is 9.59 Å². The van der Waals surface area contributed by atoms with Crippen molar-refractivity contribution < 1.29 is 9.53 Å². The Bertz CT molecular complexity index is 872. The van der Waals surface area contributed by atoms with Crippen molar-refractivity contribution in [2.24, 2.45) is 7.05 Å². The molecule has 8 heteroatoms. The van der Waals surface area contributed by atoms with Crippen LogP contribution in [0.15, 0.2) is 23.0 Å². The molecule has 8 nitrogen and oxygen atoms in total. The highest BCUT2D eigenvalue weighted by atomic mass is 16.5. The van der Waals surface area contributed by atoms with E-state index in [0.717, 1.165) is 30.0 Å². The fraction of sp³-hybridized carbons (Fsp3) is 0.526. The first-order valence-electron chi connectivity index (χ1n) is 9.12. The molecule has 0 radical (unpaired) electrons. The first-order chi connectivity index (χ1) is 12.8. The zero-order valence-electron chi connectivity index (χ0n) is 16.4. The number of hydrogen-bond acceptors (Lipinski definition) is 5. The van der Waals surface area contributed by atoms with Crippen LogP contribution in [-0.2, 0) is 18.3 Å². The van der Waals surface area contributed by atoms with E-state index in [1.807, 2.05) is 13.8 Å². The largest absolute Gasteiger partial charge is 0.374 e. The highest BCUT2D eigenvalue weighted by molar-refractivity contribution is 5.92. The average molecular weight is 373 g/mol. The molecule has 146 valence electrons. The molecule has 1 amide bonds. The maximum atomic E-state index is 13.2. The molecule has 2 aromatic rings. The van der Waals surface area contributed by atoms with E-state index in [-0.39, 0.29) is 23.3 Å². The maximum absolute atomic E-state index is 13.2. The number of H-pyrrole nitrogens is 1. The summed E-state index contributed by atoms with van der Waals surface area (Å²) in [5, 5.41) is 4.12. The van der Waals surface area contributed by atoms with Crippen LogP contribution in [0.4, 0.5) is 0 Å². The van der Waals surface area contributed by atoms with Gasteiger partial charge in [0.2, 0.25) is 0 Å². The Hall–Kier alpha value is -2.45. The van der Waals surface area contributed by atoms with Crippen LogP contribution in [0.1, 0.15) is 27.4 Å². The molecule has 1 aliphatic heterocycles. The Morgan fingerprint density at radius 1 is 1.37 bits per heavy atom. The number of nitrogens with zero attached hydrogens (tertiary/aromatic N) is 4. The fourth-order valence-electron chi connectivity index (χ4n) is 3.37. The summed E-state index contributed by atoms with van der Waals surface area (Å²) in [5.74, 6) is -0.208. The van der Waals surface area contributed by atoms with Gasteiger partial charge in [-0.25, -0.2) is 4.68 Å². The number of amides is 1. The van der Waals surface area contributed by atoms with Crippen molar-refractivity contribution in [3.63, 3.8) is 0 Å². The van der Waals surface area contributed by atoms with E-state index >= 15 is 0 Å². The highest BCUT2D eigenvalue weighted by Gasteiger charge is 2.26. The predicted octanol–water partition coefficient (Wildman–Crippen LogP) is 0.698. The van der Waals surface area contributed by atoms with Gasteiger partial charge < -0.3 is 19.5 Å². The molecule has 3 heterocycles. The van der Waals surface area contributed by atoms with Crippen LogP contribution in [0, 0.1) is 13.8 Å². The normalized spacial score (nSPS) is 17.9. The quantitative estimate of drug-likeness (QED) is 0.834. The molecule has 1 unspecified atom stereocenters. The van der Waals surface area contributed by atoms with E-state index in [2.05, 4.69) is 28.1 Å². The van der Waals surface area contributed by atoms with Crippen LogP contribution in [0.3, 0.4) is 0 Å². The molecular weight excluding hydrogens is 346 g/mol. The van der Waals surface area contributed by atoms with Crippen molar-refractivity contribution in [3.8, 4) is 0 Å². The average Bonchev–Trinajstić information content (AvgIpc) is 2.93. The van der Waals surface area contributed by atoms with Crippen LogP contribution < -0.4 is 5.56 Å². The first kappa shape index (κ1) is 19.3. The zero-order chi connectivity index (χ0) is 19.6. The van der Waals surface area contributed by atoms with Gasteiger partial charge in [0.25, 0.3) is 11.5 Å². The number of carbonyl (C=O) groups is 1. The SMILES string of the molecule is Cc1cc(CN(CC2CN(C)CCO2)C(=O)c2ccc(=O)n(C)n2)c(C)[nH]1. The second-order valence-corrected chi connectivity index (χ2v) is 7.22. The Morgan fingerprint density at radius 3 is 2.78 bits per heavy atom. The molecule has 0 aliphatic carbocycles. The second kappa shape index (κ2) is 8.06. The predicted molar refractivity (Wildman–Crippen MR) is 102 cm³/mol. The molecule has 0 bridgehead atoms. The smallest absolute Gasteiger partial charge is 0.274 e. The van der Waals surface area contributed by atoms with Gasteiger partial charge in [-0.1, -0.05) is 0 Å². The van der Waals surface area contributed by atoms with Gasteiger partial charge in [0, 0.05) is 50.7 Å². The minimum Gasteiger partial charge on any atom is -0.374 e. The maximum Gasteiger partial charge on any atom is 0.274 e. The number of aromatic nitrogens is 3. The minimum atomic E-state index is -0.243. The van der Waals surface area contributed by atoms with Gasteiger partial charge in [0.1, 0.15) is 5.69 Å². The molecule has 1 N–H and O–H groups in total.